The highest BCUT2D eigenvalue weighted by atomic mass is 31.1. The number of hydrogen-bond donors (Lipinski definition) is 2. The zero-order valence-electron chi connectivity index (χ0n) is 17.1. The lowest BCUT2D eigenvalue weighted by Crippen LogP contribution is -2.45. The number of nitrogens with zero attached hydrogens (tertiary/aromatic N) is 2. The summed E-state index contributed by atoms with van der Waals surface area (Å²) in [5.74, 6) is 0.492. The van der Waals surface area contributed by atoms with E-state index in [-0.39, 0.29) is 28.5 Å². The first kappa shape index (κ1) is 19.9. The summed E-state index contributed by atoms with van der Waals surface area (Å²) < 4.78 is 0. The van der Waals surface area contributed by atoms with Crippen LogP contribution in [-0.4, -0.2) is 34.3 Å². The number of hydrogen-bond acceptors (Lipinski definition) is 4. The van der Waals surface area contributed by atoms with E-state index < -0.39 is 0 Å². The van der Waals surface area contributed by atoms with Crippen molar-refractivity contribution < 1.29 is 9.90 Å². The molecule has 0 aromatic heterocycles. The van der Waals surface area contributed by atoms with Gasteiger partial charge in [0.1, 0.15) is 17.2 Å². The third kappa shape index (κ3) is 4.03. The van der Waals surface area contributed by atoms with Crippen LogP contribution >= 0.6 is 8.73 Å². The van der Waals surface area contributed by atoms with Gasteiger partial charge in [-0.25, -0.2) is 4.99 Å². The molecule has 2 N–H and O–H groups in total. The number of aliphatic imine (C=N–C) groups is 1. The minimum Gasteiger partial charge on any atom is -0.509 e. The van der Waals surface area contributed by atoms with E-state index in [0.717, 1.165) is 17.4 Å². The minimum absolute atomic E-state index is 0.113. The van der Waals surface area contributed by atoms with Crippen LogP contribution in [0.5, 0.6) is 0 Å². The first-order chi connectivity index (χ1) is 12.5. The molecule has 0 bridgehead atoms. The number of aliphatic hydroxyl groups excluding tert-OH is 1. The molecule has 2 unspecified atom stereocenters. The van der Waals surface area contributed by atoms with Crippen molar-refractivity contribution in [1.82, 2.24) is 9.99 Å². The van der Waals surface area contributed by atoms with Gasteiger partial charge in [-0.05, 0) is 23.3 Å². The molecule has 2 aliphatic heterocycles. The molecule has 3 rings (SSSR count). The molecular weight excluding hydrogens is 357 g/mol. The summed E-state index contributed by atoms with van der Waals surface area (Å²) in [6, 6.07) is 7.55. The fourth-order valence-corrected chi connectivity index (χ4v) is 4.39. The first-order valence-electron chi connectivity index (χ1n) is 9.43. The van der Waals surface area contributed by atoms with Crippen molar-refractivity contribution in [1.29, 1.82) is 0 Å². The highest BCUT2D eigenvalue weighted by Crippen LogP contribution is 2.38. The highest BCUT2D eigenvalue weighted by Gasteiger charge is 2.47. The molecule has 0 saturated heterocycles. The zero-order valence-corrected chi connectivity index (χ0v) is 18.1. The van der Waals surface area contributed by atoms with E-state index in [2.05, 4.69) is 51.6 Å². The lowest BCUT2D eigenvalue weighted by molar-refractivity contribution is -0.128. The Morgan fingerprint density at radius 1 is 1.19 bits per heavy atom. The summed E-state index contributed by atoms with van der Waals surface area (Å²) in [5.41, 5.74) is 1.03. The number of aliphatic hydroxyl groups is 1. The second kappa shape index (κ2) is 6.94. The van der Waals surface area contributed by atoms with Gasteiger partial charge in [0.05, 0.1) is 11.7 Å². The van der Waals surface area contributed by atoms with Crippen LogP contribution in [0.4, 0.5) is 5.69 Å². The van der Waals surface area contributed by atoms with Crippen LogP contribution in [0.2, 0.25) is 0 Å². The second-order valence-electron chi connectivity index (χ2n) is 9.57. The molecule has 1 aromatic carbocycles. The minimum atomic E-state index is -0.340. The standard InChI is InChI=1S/C21H30N3O2P/c1-20(2,3)11-12-24-17(21(4,5)6)16(25)15(19(24)26)18-22-13-9-7-8-10-14(13)27-23-18/h7-10,17,25,27H,11-12H2,1-6H3,(H,22,23). The number of nitrogens with one attached hydrogen (secondary N) is 1. The fourth-order valence-electron chi connectivity index (χ4n) is 3.51. The fraction of sp³-hybridized carbons (Fsp3) is 0.524. The van der Waals surface area contributed by atoms with E-state index in [1.165, 1.54) is 0 Å². The normalized spacial score (nSPS) is 21.4. The van der Waals surface area contributed by atoms with Gasteiger partial charge >= 0.3 is 0 Å². The maximum absolute atomic E-state index is 13.3. The Labute approximate surface area is 163 Å². The Balaban J connectivity index is 1.99. The number of amides is 1. The number of rotatable bonds is 3. The van der Waals surface area contributed by atoms with Crippen molar-refractivity contribution in [2.24, 2.45) is 15.8 Å². The Bertz CT molecular complexity index is 815. The van der Waals surface area contributed by atoms with Gasteiger partial charge in [0, 0.05) is 20.6 Å². The van der Waals surface area contributed by atoms with Gasteiger partial charge in [-0.1, -0.05) is 59.7 Å². The molecule has 27 heavy (non-hydrogen) atoms. The Morgan fingerprint density at radius 3 is 2.48 bits per heavy atom. The SMILES string of the molecule is CC(C)(C)CCN1C(=O)C(C2=Nc3ccccc3PN2)=C(O)C1C(C)(C)C. The van der Waals surface area contributed by atoms with Crippen LogP contribution in [0.15, 0.2) is 40.6 Å². The van der Waals surface area contributed by atoms with E-state index in [4.69, 9.17) is 0 Å². The largest absolute Gasteiger partial charge is 0.509 e. The van der Waals surface area contributed by atoms with E-state index in [1.807, 2.05) is 29.2 Å². The third-order valence-electron chi connectivity index (χ3n) is 4.91. The maximum atomic E-state index is 13.3. The number of carbonyl (C=O) groups is 1. The topological polar surface area (TPSA) is 64.9 Å². The number of para-hydroxylation sites is 1. The monoisotopic (exact) mass is 387 g/mol. The summed E-state index contributed by atoms with van der Waals surface area (Å²) in [6.45, 7) is 13.3. The van der Waals surface area contributed by atoms with Gasteiger partial charge in [0.25, 0.3) is 5.91 Å². The third-order valence-corrected chi connectivity index (χ3v) is 5.97. The van der Waals surface area contributed by atoms with E-state index in [1.54, 1.807) is 0 Å². The molecule has 0 saturated carbocycles. The number of benzene rings is 1. The van der Waals surface area contributed by atoms with Crippen LogP contribution in [0.3, 0.4) is 0 Å². The average Bonchev–Trinajstić information content (AvgIpc) is 2.82. The number of amidine groups is 1. The molecular formula is C21H30N3O2P. The maximum Gasteiger partial charge on any atom is 0.261 e. The van der Waals surface area contributed by atoms with Crippen molar-refractivity contribution in [3.05, 3.63) is 35.6 Å². The van der Waals surface area contributed by atoms with Gasteiger partial charge in [-0.3, -0.25) is 4.79 Å². The summed E-state index contributed by atoms with van der Waals surface area (Å²) >= 11 is 0. The van der Waals surface area contributed by atoms with Gasteiger partial charge in [-0.2, -0.15) is 0 Å². The van der Waals surface area contributed by atoms with Gasteiger partial charge in [0.2, 0.25) is 0 Å². The van der Waals surface area contributed by atoms with E-state index >= 15 is 0 Å². The highest BCUT2D eigenvalue weighted by molar-refractivity contribution is 7.46. The molecule has 0 fully saturated rings. The Kier molecular flexibility index (Phi) is 5.11. The quantitative estimate of drug-likeness (QED) is 0.769. The van der Waals surface area contributed by atoms with Crippen molar-refractivity contribution >= 4 is 31.5 Å². The number of fused-ring (bicyclic) bond motifs is 1. The molecule has 2 atom stereocenters. The number of carbonyl (C=O) groups excluding carboxylic acids is 1. The van der Waals surface area contributed by atoms with Crippen LogP contribution in [-0.2, 0) is 4.79 Å². The van der Waals surface area contributed by atoms with Crippen molar-refractivity contribution in [3.8, 4) is 0 Å². The molecule has 0 radical (unpaired) electrons. The molecule has 146 valence electrons. The molecule has 2 aliphatic rings. The average molecular weight is 387 g/mol. The van der Waals surface area contributed by atoms with Crippen LogP contribution in [0.25, 0.3) is 0 Å². The molecule has 5 nitrogen and oxygen atoms in total. The molecule has 0 aliphatic carbocycles. The predicted octanol–water partition coefficient (Wildman–Crippen LogP) is 4.04. The Morgan fingerprint density at radius 2 is 1.85 bits per heavy atom. The van der Waals surface area contributed by atoms with Crippen molar-refractivity contribution in [2.75, 3.05) is 6.54 Å². The summed E-state index contributed by atoms with van der Waals surface area (Å²) in [5, 5.41) is 15.4. The molecule has 6 heteroatoms. The molecule has 1 amide bonds. The zero-order chi connectivity index (χ0) is 20.0. The second-order valence-corrected chi connectivity index (χ2v) is 10.6. The molecule has 1 aromatic rings. The summed E-state index contributed by atoms with van der Waals surface area (Å²) in [7, 11) is 0.325. The first-order valence-corrected chi connectivity index (χ1v) is 10.4. The van der Waals surface area contributed by atoms with Gasteiger partial charge < -0.3 is 15.1 Å². The van der Waals surface area contributed by atoms with E-state index in [0.29, 0.717) is 26.7 Å². The van der Waals surface area contributed by atoms with Crippen molar-refractivity contribution in [2.45, 2.75) is 54.0 Å². The Hall–Kier alpha value is -1.87. The molecule has 2 heterocycles. The summed E-state index contributed by atoms with van der Waals surface area (Å²) in [6.07, 6.45) is 0.871. The lowest BCUT2D eigenvalue weighted by atomic mass is 9.84. The van der Waals surface area contributed by atoms with Crippen LogP contribution in [0.1, 0.15) is 48.0 Å². The van der Waals surface area contributed by atoms with Crippen molar-refractivity contribution in [3.63, 3.8) is 0 Å². The summed E-state index contributed by atoms with van der Waals surface area (Å²) in [4.78, 5) is 19.7. The van der Waals surface area contributed by atoms with Gasteiger partial charge in [-0.15, -0.1) is 0 Å². The van der Waals surface area contributed by atoms with E-state index in [9.17, 15) is 9.90 Å². The van der Waals surface area contributed by atoms with Crippen LogP contribution < -0.4 is 10.4 Å². The molecule has 0 spiro atoms. The van der Waals surface area contributed by atoms with Crippen LogP contribution in [0, 0.1) is 10.8 Å². The predicted molar refractivity (Wildman–Crippen MR) is 113 cm³/mol. The smallest absolute Gasteiger partial charge is 0.261 e. The lowest BCUT2D eigenvalue weighted by Gasteiger charge is -2.36. The van der Waals surface area contributed by atoms with Gasteiger partial charge in [0.15, 0.2) is 0 Å².